The van der Waals surface area contributed by atoms with Gasteiger partial charge in [0.1, 0.15) is 19.3 Å². The number of esters is 1. The van der Waals surface area contributed by atoms with Gasteiger partial charge in [-0.1, -0.05) is 97.8 Å². The number of likely N-dealkylation sites (N-methyl/N-ethyl adjacent to an activating group) is 1. The van der Waals surface area contributed by atoms with E-state index in [1.165, 1.54) is 70.6 Å². The molecule has 4 heteroatoms. The maximum absolute atomic E-state index is 11.8. The number of nitrogens with zero attached hydrogens (tertiary/aromatic N) is 1. The van der Waals surface area contributed by atoms with Gasteiger partial charge in [0.25, 0.3) is 0 Å². The van der Waals surface area contributed by atoms with Gasteiger partial charge in [-0.25, -0.2) is 0 Å². The Labute approximate surface area is 188 Å². The van der Waals surface area contributed by atoms with E-state index in [1.54, 1.807) is 0 Å². The zero-order valence-electron chi connectivity index (χ0n) is 21.3. The highest BCUT2D eigenvalue weighted by Gasteiger charge is 2.17. The van der Waals surface area contributed by atoms with Crippen LogP contribution in [0.2, 0.25) is 0 Å². The third-order valence-electron chi connectivity index (χ3n) is 6.22. The molecule has 0 aromatic rings. The van der Waals surface area contributed by atoms with E-state index >= 15 is 0 Å². The van der Waals surface area contributed by atoms with E-state index in [-0.39, 0.29) is 12.6 Å². The number of carbonyl (C=O) groups is 1. The van der Waals surface area contributed by atoms with Crippen molar-refractivity contribution in [1.29, 1.82) is 0 Å². The number of aliphatic hydroxyl groups is 1. The topological polar surface area (TPSA) is 46.5 Å². The highest BCUT2D eigenvalue weighted by atomic mass is 16.5. The number of quaternary nitrogens is 1. The number of hydrogen-bond acceptors (Lipinski definition) is 3. The molecule has 0 saturated carbocycles. The predicted octanol–water partition coefficient (Wildman–Crippen LogP) is 6.35. The van der Waals surface area contributed by atoms with E-state index in [2.05, 4.69) is 20.8 Å². The van der Waals surface area contributed by atoms with Crippen LogP contribution in [0.3, 0.4) is 0 Å². The highest BCUT2D eigenvalue weighted by molar-refractivity contribution is 5.69. The van der Waals surface area contributed by atoms with Crippen LogP contribution in [0.25, 0.3) is 0 Å². The molecular weight excluding hydrogens is 374 g/mol. The van der Waals surface area contributed by atoms with Crippen molar-refractivity contribution in [2.45, 2.75) is 117 Å². The Bertz CT molecular complexity index is 406. The first-order valence-corrected chi connectivity index (χ1v) is 12.8. The minimum Gasteiger partial charge on any atom is -0.463 e. The summed E-state index contributed by atoms with van der Waals surface area (Å²) < 4.78 is 5.86. The normalized spacial score (nSPS) is 15.0. The highest BCUT2D eigenvalue weighted by Crippen LogP contribution is 2.24. The Hall–Kier alpha value is -0.610. The van der Waals surface area contributed by atoms with Crippen molar-refractivity contribution < 1.29 is 19.1 Å². The fourth-order valence-corrected chi connectivity index (χ4v) is 4.03. The predicted molar refractivity (Wildman–Crippen MR) is 129 cm³/mol. The zero-order chi connectivity index (χ0) is 22.8. The SMILES string of the molecule is CCCCCCCCC(C)C(C)CCCCCCCC(=O)OCC(O)C[N+](C)(C)C. The summed E-state index contributed by atoms with van der Waals surface area (Å²) in [4.78, 5) is 11.8. The van der Waals surface area contributed by atoms with Gasteiger partial charge in [0.15, 0.2) is 0 Å². The van der Waals surface area contributed by atoms with E-state index in [9.17, 15) is 9.90 Å². The molecule has 0 radical (unpaired) electrons. The smallest absolute Gasteiger partial charge is 0.305 e. The Morgan fingerprint density at radius 2 is 1.27 bits per heavy atom. The lowest BCUT2D eigenvalue weighted by Gasteiger charge is -2.26. The standard InChI is InChI=1S/C26H54NO3/c1-7-8-9-10-12-15-18-23(2)24(3)19-16-13-11-14-17-20-26(29)30-22-25(28)21-27(4,5)6/h23-25,28H,7-22H2,1-6H3/q+1. The molecule has 0 aliphatic carbocycles. The zero-order valence-corrected chi connectivity index (χ0v) is 21.3. The second-order valence-corrected chi connectivity index (χ2v) is 10.6. The number of hydrogen-bond donors (Lipinski definition) is 1. The molecule has 3 unspecified atom stereocenters. The molecule has 3 atom stereocenters. The molecule has 4 nitrogen and oxygen atoms in total. The van der Waals surface area contributed by atoms with Crippen molar-refractivity contribution in [2.75, 3.05) is 34.3 Å². The van der Waals surface area contributed by atoms with Gasteiger partial charge >= 0.3 is 5.97 Å². The number of ether oxygens (including phenoxy) is 1. The minimum absolute atomic E-state index is 0.114. The molecular formula is C26H54NO3+. The first kappa shape index (κ1) is 29.4. The summed E-state index contributed by atoms with van der Waals surface area (Å²) in [6.45, 7) is 7.83. The summed E-state index contributed by atoms with van der Waals surface area (Å²) in [5.74, 6) is 1.50. The molecule has 30 heavy (non-hydrogen) atoms. The summed E-state index contributed by atoms with van der Waals surface area (Å²) in [6, 6.07) is 0. The molecule has 0 fully saturated rings. The molecule has 0 spiro atoms. The van der Waals surface area contributed by atoms with Gasteiger partial charge in [-0.15, -0.1) is 0 Å². The van der Waals surface area contributed by atoms with E-state index in [4.69, 9.17) is 4.74 Å². The molecule has 0 bridgehead atoms. The van der Waals surface area contributed by atoms with Crippen molar-refractivity contribution >= 4 is 5.97 Å². The monoisotopic (exact) mass is 428 g/mol. The number of aliphatic hydroxyl groups excluding tert-OH is 1. The molecule has 1 N–H and O–H groups in total. The summed E-state index contributed by atoms with van der Waals surface area (Å²) in [6.07, 6.45) is 16.8. The average molecular weight is 429 g/mol. The van der Waals surface area contributed by atoms with Crippen molar-refractivity contribution in [2.24, 2.45) is 11.8 Å². The van der Waals surface area contributed by atoms with Crippen molar-refractivity contribution in [3.8, 4) is 0 Å². The Morgan fingerprint density at radius 3 is 1.77 bits per heavy atom. The lowest BCUT2D eigenvalue weighted by Crippen LogP contribution is -2.43. The van der Waals surface area contributed by atoms with Crippen LogP contribution in [-0.2, 0) is 9.53 Å². The van der Waals surface area contributed by atoms with Gasteiger partial charge < -0.3 is 14.3 Å². The van der Waals surface area contributed by atoms with Gasteiger partial charge in [-0.3, -0.25) is 4.79 Å². The van der Waals surface area contributed by atoms with Gasteiger partial charge in [-0.05, 0) is 18.3 Å². The van der Waals surface area contributed by atoms with Gasteiger partial charge in [-0.2, -0.15) is 0 Å². The molecule has 0 saturated heterocycles. The number of rotatable bonds is 20. The van der Waals surface area contributed by atoms with Crippen molar-refractivity contribution in [3.05, 3.63) is 0 Å². The molecule has 0 aromatic heterocycles. The van der Waals surface area contributed by atoms with Gasteiger partial charge in [0, 0.05) is 6.42 Å². The van der Waals surface area contributed by atoms with Crippen LogP contribution in [0.1, 0.15) is 111 Å². The number of carbonyl (C=O) groups excluding carboxylic acids is 1. The second-order valence-electron chi connectivity index (χ2n) is 10.6. The van der Waals surface area contributed by atoms with Crippen LogP contribution in [0.15, 0.2) is 0 Å². The second kappa shape index (κ2) is 18.0. The maximum Gasteiger partial charge on any atom is 0.305 e. The van der Waals surface area contributed by atoms with E-state index in [0.717, 1.165) is 24.7 Å². The molecule has 0 aliphatic rings. The van der Waals surface area contributed by atoms with E-state index < -0.39 is 6.10 Å². The Kier molecular flexibility index (Phi) is 17.6. The van der Waals surface area contributed by atoms with E-state index in [1.807, 2.05) is 21.1 Å². The minimum atomic E-state index is -0.584. The molecule has 0 heterocycles. The Morgan fingerprint density at radius 1 is 0.800 bits per heavy atom. The van der Waals surface area contributed by atoms with Crippen LogP contribution >= 0.6 is 0 Å². The quantitative estimate of drug-likeness (QED) is 0.140. The molecule has 0 aromatic carbocycles. The fourth-order valence-electron chi connectivity index (χ4n) is 4.03. The maximum atomic E-state index is 11.8. The van der Waals surface area contributed by atoms with Crippen LogP contribution in [0, 0.1) is 11.8 Å². The number of unbranched alkanes of at least 4 members (excludes halogenated alkanes) is 9. The van der Waals surface area contributed by atoms with E-state index in [0.29, 0.717) is 17.4 Å². The van der Waals surface area contributed by atoms with Crippen LogP contribution < -0.4 is 0 Å². The first-order chi connectivity index (χ1) is 14.2. The molecule has 0 rings (SSSR count). The largest absolute Gasteiger partial charge is 0.463 e. The van der Waals surface area contributed by atoms with Crippen molar-refractivity contribution in [3.63, 3.8) is 0 Å². The van der Waals surface area contributed by atoms with Gasteiger partial charge in [0.05, 0.1) is 21.1 Å². The summed E-state index contributed by atoms with van der Waals surface area (Å²) in [5.41, 5.74) is 0. The molecule has 0 amide bonds. The first-order valence-electron chi connectivity index (χ1n) is 12.8. The third kappa shape index (κ3) is 19.4. The van der Waals surface area contributed by atoms with Crippen molar-refractivity contribution in [1.82, 2.24) is 0 Å². The summed E-state index contributed by atoms with van der Waals surface area (Å²) in [5, 5.41) is 9.88. The van der Waals surface area contributed by atoms with Crippen LogP contribution in [0.4, 0.5) is 0 Å². The molecule has 180 valence electrons. The molecule has 0 aliphatic heterocycles. The van der Waals surface area contributed by atoms with Crippen LogP contribution in [-0.4, -0.2) is 56.0 Å². The lowest BCUT2D eigenvalue weighted by atomic mass is 9.86. The average Bonchev–Trinajstić information content (AvgIpc) is 2.66. The Balaban J connectivity index is 3.55. The van der Waals surface area contributed by atoms with Crippen LogP contribution in [0.5, 0.6) is 0 Å². The lowest BCUT2D eigenvalue weighted by molar-refractivity contribution is -0.873. The summed E-state index contributed by atoms with van der Waals surface area (Å²) >= 11 is 0. The third-order valence-corrected chi connectivity index (χ3v) is 6.22. The summed E-state index contributed by atoms with van der Waals surface area (Å²) in [7, 11) is 6.05. The van der Waals surface area contributed by atoms with Gasteiger partial charge in [0.2, 0.25) is 0 Å². The fraction of sp³-hybridized carbons (Fsp3) is 0.962.